The number of fused-ring (bicyclic) bond motifs is 1. The Morgan fingerprint density at radius 3 is 2.16 bits per heavy atom. The van der Waals surface area contributed by atoms with Crippen molar-refractivity contribution in [1.82, 2.24) is 10.2 Å². The summed E-state index contributed by atoms with van der Waals surface area (Å²) >= 11 is 1.50. The third-order valence-corrected chi connectivity index (χ3v) is 7.78. The molecule has 0 unspecified atom stereocenters. The van der Waals surface area contributed by atoms with E-state index in [1.54, 1.807) is 0 Å². The summed E-state index contributed by atoms with van der Waals surface area (Å²) in [6.07, 6.45) is 4.14. The highest BCUT2D eigenvalue weighted by Gasteiger charge is 2.29. The van der Waals surface area contributed by atoms with E-state index in [0.717, 1.165) is 54.2 Å². The molecule has 3 N–H and O–H groups in total. The maximum Gasteiger partial charge on any atom is 0.414 e. The van der Waals surface area contributed by atoms with Gasteiger partial charge in [-0.2, -0.15) is 0 Å². The fraction of sp³-hybridized carbons (Fsp3) is 0.294. The van der Waals surface area contributed by atoms with Crippen molar-refractivity contribution in [2.75, 3.05) is 31.1 Å². The zero-order valence-corrected chi connectivity index (χ0v) is 26.1. The number of para-hydroxylation sites is 1. The van der Waals surface area contributed by atoms with E-state index in [1.165, 1.54) is 17.3 Å². The summed E-state index contributed by atoms with van der Waals surface area (Å²) in [5, 5.41) is 17.8. The maximum atomic E-state index is 13.6. The lowest BCUT2D eigenvalue weighted by atomic mass is 10.1. The number of benzene rings is 3. The third-order valence-electron chi connectivity index (χ3n) is 6.70. The first kappa shape index (κ1) is 34.1. The van der Waals surface area contributed by atoms with Crippen molar-refractivity contribution < 1.29 is 29.4 Å². The van der Waals surface area contributed by atoms with Crippen molar-refractivity contribution in [2.45, 2.75) is 45.1 Å². The van der Waals surface area contributed by atoms with E-state index in [4.69, 9.17) is 19.8 Å². The van der Waals surface area contributed by atoms with Crippen LogP contribution in [0.1, 0.15) is 53.7 Å². The maximum absolute atomic E-state index is 13.6. The average molecular weight is 618 g/mol. The van der Waals surface area contributed by atoms with Crippen LogP contribution >= 0.6 is 11.8 Å². The van der Waals surface area contributed by atoms with Gasteiger partial charge < -0.3 is 25.3 Å². The van der Waals surface area contributed by atoms with E-state index in [2.05, 4.69) is 55.3 Å². The number of nitrogens with zero attached hydrogens (tertiary/aromatic N) is 2. The monoisotopic (exact) mass is 617 g/mol. The molecule has 232 valence electrons. The fourth-order valence-corrected chi connectivity index (χ4v) is 5.75. The van der Waals surface area contributed by atoms with Crippen LogP contribution in [0.2, 0.25) is 0 Å². The Morgan fingerprint density at radius 1 is 0.886 bits per heavy atom. The van der Waals surface area contributed by atoms with Gasteiger partial charge in [-0.05, 0) is 74.3 Å². The molecule has 0 radical (unpaired) electrons. The number of aliphatic carboxylic acids is 2. The standard InChI is InChI=1S/C32H37N3O2S.C2H2O4/c1-4-18-34(19-5-2)20-17-33-31(36)27-15-13-25(14-16-27)22-30-32(37)35(23-26-10-8-9-24(3)21-26)28-11-6-7-12-29(28)38-30;3-1(4)2(5)6/h6-16,21-22H,4-5,17-20,23H2,1-3H3,(H,33,36);(H,3,4)(H,5,6). The summed E-state index contributed by atoms with van der Waals surface area (Å²) in [4.78, 5) is 50.4. The van der Waals surface area contributed by atoms with Gasteiger partial charge in [0.15, 0.2) is 0 Å². The molecule has 1 aliphatic rings. The lowest BCUT2D eigenvalue weighted by Crippen LogP contribution is -2.35. The van der Waals surface area contributed by atoms with Crippen molar-refractivity contribution >= 4 is 47.3 Å². The summed E-state index contributed by atoms with van der Waals surface area (Å²) in [6.45, 7) is 10.5. The molecule has 0 aromatic heterocycles. The van der Waals surface area contributed by atoms with E-state index in [9.17, 15) is 9.59 Å². The third kappa shape index (κ3) is 10.1. The number of carboxylic acid groups (broad SMARTS) is 2. The van der Waals surface area contributed by atoms with E-state index < -0.39 is 11.9 Å². The number of carbonyl (C=O) groups excluding carboxylic acids is 2. The van der Waals surface area contributed by atoms with Crippen molar-refractivity contribution in [3.8, 4) is 0 Å². The number of hydrogen-bond donors (Lipinski definition) is 3. The molecule has 4 rings (SSSR count). The Hall–Kier alpha value is -4.41. The number of thioether (sulfide) groups is 1. The zero-order chi connectivity index (χ0) is 32.1. The molecule has 2 amide bonds. The van der Waals surface area contributed by atoms with Gasteiger partial charge in [0, 0.05) is 23.5 Å². The normalized spacial score (nSPS) is 13.2. The molecule has 3 aromatic rings. The molecule has 44 heavy (non-hydrogen) atoms. The van der Waals surface area contributed by atoms with E-state index in [-0.39, 0.29) is 11.8 Å². The van der Waals surface area contributed by atoms with Crippen LogP contribution in [0.25, 0.3) is 6.08 Å². The molecule has 0 saturated carbocycles. The summed E-state index contributed by atoms with van der Waals surface area (Å²) in [5.74, 6) is -3.73. The van der Waals surface area contributed by atoms with Gasteiger partial charge in [0.05, 0.1) is 17.1 Å². The van der Waals surface area contributed by atoms with Crippen LogP contribution in [0.5, 0.6) is 0 Å². The van der Waals surface area contributed by atoms with E-state index >= 15 is 0 Å². The molecule has 0 spiro atoms. The number of nitrogens with one attached hydrogen (secondary N) is 1. The average Bonchev–Trinajstić information content (AvgIpc) is 3.00. The van der Waals surface area contributed by atoms with Gasteiger partial charge in [0.2, 0.25) is 0 Å². The summed E-state index contributed by atoms with van der Waals surface area (Å²) in [5.41, 5.74) is 4.73. The second-order valence-corrected chi connectivity index (χ2v) is 11.4. The van der Waals surface area contributed by atoms with E-state index in [0.29, 0.717) is 23.6 Å². The number of anilines is 1. The molecule has 1 aliphatic heterocycles. The summed E-state index contributed by atoms with van der Waals surface area (Å²) < 4.78 is 0. The van der Waals surface area contributed by atoms with Crippen LogP contribution in [0.3, 0.4) is 0 Å². The Balaban J connectivity index is 0.000000801. The van der Waals surface area contributed by atoms with Crippen LogP contribution in [-0.4, -0.2) is 65.0 Å². The number of hydrogen-bond acceptors (Lipinski definition) is 6. The number of carbonyl (C=O) groups is 4. The van der Waals surface area contributed by atoms with Crippen LogP contribution < -0.4 is 10.2 Å². The quantitative estimate of drug-likeness (QED) is 0.185. The molecule has 0 saturated heterocycles. The molecule has 0 fully saturated rings. The highest BCUT2D eigenvalue weighted by Crippen LogP contribution is 2.42. The lowest BCUT2D eigenvalue weighted by molar-refractivity contribution is -0.159. The molecule has 9 nitrogen and oxygen atoms in total. The highest BCUT2D eigenvalue weighted by atomic mass is 32.2. The molecule has 0 atom stereocenters. The van der Waals surface area contributed by atoms with Gasteiger partial charge in [-0.15, -0.1) is 0 Å². The Bertz CT molecular complexity index is 1470. The summed E-state index contributed by atoms with van der Waals surface area (Å²) in [7, 11) is 0. The second-order valence-electron chi connectivity index (χ2n) is 10.3. The largest absolute Gasteiger partial charge is 0.473 e. The predicted molar refractivity (Wildman–Crippen MR) is 174 cm³/mol. The molecule has 10 heteroatoms. The number of aryl methyl sites for hydroxylation is 1. The molecule has 3 aromatic carbocycles. The van der Waals surface area contributed by atoms with Gasteiger partial charge >= 0.3 is 11.9 Å². The van der Waals surface area contributed by atoms with Crippen molar-refractivity contribution in [2.24, 2.45) is 0 Å². The zero-order valence-electron chi connectivity index (χ0n) is 25.3. The predicted octanol–water partition coefficient (Wildman–Crippen LogP) is 5.68. The molecule has 0 aliphatic carbocycles. The fourth-order valence-electron chi connectivity index (χ4n) is 4.69. The minimum Gasteiger partial charge on any atom is -0.473 e. The van der Waals surface area contributed by atoms with Gasteiger partial charge in [-0.1, -0.05) is 79.7 Å². The Morgan fingerprint density at radius 2 is 1.55 bits per heavy atom. The second kappa shape index (κ2) is 17.0. The molecule has 1 heterocycles. The number of carboxylic acids is 2. The Labute approximate surface area is 262 Å². The first-order valence-corrected chi connectivity index (χ1v) is 15.4. The van der Waals surface area contributed by atoms with Crippen LogP contribution in [0, 0.1) is 6.92 Å². The van der Waals surface area contributed by atoms with Crippen LogP contribution in [0.15, 0.2) is 82.6 Å². The van der Waals surface area contributed by atoms with Gasteiger partial charge in [-0.3, -0.25) is 9.59 Å². The van der Waals surface area contributed by atoms with Crippen molar-refractivity contribution in [3.63, 3.8) is 0 Å². The number of amides is 2. The minimum atomic E-state index is -1.82. The van der Waals surface area contributed by atoms with Gasteiger partial charge in [0.1, 0.15) is 0 Å². The molecular formula is C34H39N3O6S. The minimum absolute atomic E-state index is 0.0132. The van der Waals surface area contributed by atoms with Crippen molar-refractivity contribution in [1.29, 1.82) is 0 Å². The first-order valence-electron chi connectivity index (χ1n) is 14.6. The SMILES string of the molecule is CCCN(CCC)CCNC(=O)c1ccc(C=C2Sc3ccccc3N(Cc3cccc(C)c3)C2=O)cc1.O=C(O)C(=O)O. The first-order chi connectivity index (χ1) is 21.1. The van der Waals surface area contributed by atoms with E-state index in [1.807, 2.05) is 59.5 Å². The highest BCUT2D eigenvalue weighted by molar-refractivity contribution is 8.04. The molecule has 0 bridgehead atoms. The van der Waals surface area contributed by atoms with Crippen molar-refractivity contribution in [3.05, 3.63) is 100.0 Å². The van der Waals surface area contributed by atoms with Crippen LogP contribution in [0.4, 0.5) is 5.69 Å². The molecular weight excluding hydrogens is 578 g/mol. The Kier molecular flexibility index (Phi) is 13.2. The van der Waals surface area contributed by atoms with Crippen LogP contribution in [-0.2, 0) is 20.9 Å². The van der Waals surface area contributed by atoms with Gasteiger partial charge in [0.25, 0.3) is 11.8 Å². The lowest BCUT2D eigenvalue weighted by Gasteiger charge is -2.30. The van der Waals surface area contributed by atoms with Gasteiger partial charge in [-0.25, -0.2) is 9.59 Å². The number of rotatable bonds is 11. The smallest absolute Gasteiger partial charge is 0.414 e. The summed E-state index contributed by atoms with van der Waals surface area (Å²) in [6, 6.07) is 23.8. The topological polar surface area (TPSA) is 127 Å².